The van der Waals surface area contributed by atoms with E-state index in [0.717, 1.165) is 24.1 Å². The van der Waals surface area contributed by atoms with Crippen molar-refractivity contribution in [3.63, 3.8) is 0 Å². The first-order valence-electron chi connectivity index (χ1n) is 8.97. The normalized spacial score (nSPS) is 21.9. The first-order valence-corrected chi connectivity index (χ1v) is 8.97. The Morgan fingerprint density at radius 1 is 1.29 bits per heavy atom. The number of amides is 2. The molecule has 0 aromatic heterocycles. The topological polar surface area (TPSA) is 78.4 Å². The summed E-state index contributed by atoms with van der Waals surface area (Å²) in [6.07, 6.45) is 5.55. The summed E-state index contributed by atoms with van der Waals surface area (Å²) < 4.78 is 0. The van der Waals surface area contributed by atoms with Gasteiger partial charge < -0.3 is 15.7 Å². The maximum absolute atomic E-state index is 12.1. The molecule has 3 N–H and O–H groups in total. The lowest BCUT2D eigenvalue weighted by Gasteiger charge is -2.24. The first kappa shape index (κ1) is 17.0. The molecule has 1 aliphatic heterocycles. The molecule has 0 spiro atoms. The molecule has 1 fully saturated rings. The van der Waals surface area contributed by atoms with Crippen LogP contribution in [-0.2, 0) is 16.0 Å². The van der Waals surface area contributed by atoms with Crippen molar-refractivity contribution in [3.05, 3.63) is 29.8 Å². The minimum absolute atomic E-state index is 0.00695. The van der Waals surface area contributed by atoms with Crippen molar-refractivity contribution in [1.29, 1.82) is 0 Å². The molecule has 1 aromatic rings. The molecular weight excluding hydrogens is 304 g/mol. The van der Waals surface area contributed by atoms with Crippen molar-refractivity contribution in [3.8, 4) is 0 Å². The van der Waals surface area contributed by atoms with E-state index in [0.29, 0.717) is 31.7 Å². The van der Waals surface area contributed by atoms with Crippen LogP contribution in [-0.4, -0.2) is 29.6 Å². The van der Waals surface area contributed by atoms with Gasteiger partial charge in [0.15, 0.2) is 0 Å². The number of rotatable bonds is 6. The summed E-state index contributed by atoms with van der Waals surface area (Å²) >= 11 is 0. The highest BCUT2D eigenvalue weighted by Gasteiger charge is 2.27. The highest BCUT2D eigenvalue weighted by atomic mass is 16.3. The number of hydrogen-bond donors (Lipinski definition) is 3. The smallest absolute Gasteiger partial charge is 0.227 e. The summed E-state index contributed by atoms with van der Waals surface area (Å²) in [4.78, 5) is 24.1. The van der Waals surface area contributed by atoms with Crippen molar-refractivity contribution < 1.29 is 14.7 Å². The molecule has 1 saturated carbocycles. The van der Waals surface area contributed by atoms with E-state index in [4.69, 9.17) is 0 Å². The molecular formula is C19H26N2O3. The van der Waals surface area contributed by atoms with Crippen LogP contribution in [0.4, 0.5) is 5.69 Å². The third-order valence-electron chi connectivity index (χ3n) is 5.28. The summed E-state index contributed by atoms with van der Waals surface area (Å²) in [6, 6.07) is 7.79. The summed E-state index contributed by atoms with van der Waals surface area (Å²) in [5.41, 5.74) is 2.00. The number of carbonyl (C=O) groups is 2. The van der Waals surface area contributed by atoms with Crippen LogP contribution < -0.4 is 10.6 Å². The molecule has 2 unspecified atom stereocenters. The molecule has 2 amide bonds. The van der Waals surface area contributed by atoms with E-state index in [-0.39, 0.29) is 17.7 Å². The van der Waals surface area contributed by atoms with Gasteiger partial charge in [-0.15, -0.1) is 0 Å². The van der Waals surface area contributed by atoms with Crippen molar-refractivity contribution in [2.75, 3.05) is 11.9 Å². The number of nitrogens with one attached hydrogen (secondary N) is 2. The van der Waals surface area contributed by atoms with E-state index in [9.17, 15) is 14.7 Å². The Kier molecular flexibility index (Phi) is 5.51. The van der Waals surface area contributed by atoms with Gasteiger partial charge in [-0.25, -0.2) is 0 Å². The zero-order valence-electron chi connectivity index (χ0n) is 14.0. The first-order chi connectivity index (χ1) is 11.6. The van der Waals surface area contributed by atoms with Crippen LogP contribution in [0.3, 0.4) is 0 Å². The second kappa shape index (κ2) is 7.79. The largest absolute Gasteiger partial charge is 0.391 e. The Morgan fingerprint density at radius 2 is 2.04 bits per heavy atom. The Hall–Kier alpha value is -1.88. The van der Waals surface area contributed by atoms with E-state index in [1.165, 1.54) is 12.8 Å². The van der Waals surface area contributed by atoms with E-state index < -0.39 is 6.10 Å². The second-order valence-corrected chi connectivity index (χ2v) is 7.00. The molecule has 0 radical (unpaired) electrons. The third-order valence-corrected chi connectivity index (χ3v) is 5.28. The summed E-state index contributed by atoms with van der Waals surface area (Å²) in [6.45, 7) is 0.323. The van der Waals surface area contributed by atoms with Gasteiger partial charge in [0.2, 0.25) is 11.8 Å². The van der Waals surface area contributed by atoms with Gasteiger partial charge in [-0.1, -0.05) is 31.0 Å². The monoisotopic (exact) mass is 330 g/mol. The SMILES string of the molecule is O=C(CCC1Cc2ccccc2NC1=O)NCC(O)C1CCCC1. The van der Waals surface area contributed by atoms with Crippen molar-refractivity contribution in [1.82, 2.24) is 5.32 Å². The maximum Gasteiger partial charge on any atom is 0.227 e. The number of aliphatic hydroxyl groups excluding tert-OH is 1. The lowest BCUT2D eigenvalue weighted by Crippen LogP contribution is -2.36. The Bertz CT molecular complexity index is 596. The number of para-hydroxylation sites is 1. The molecule has 5 nitrogen and oxygen atoms in total. The lowest BCUT2D eigenvalue weighted by molar-refractivity contribution is -0.123. The summed E-state index contributed by atoms with van der Waals surface area (Å²) in [7, 11) is 0. The average molecular weight is 330 g/mol. The Balaban J connectivity index is 1.42. The van der Waals surface area contributed by atoms with Gasteiger partial charge in [-0.3, -0.25) is 9.59 Å². The summed E-state index contributed by atoms with van der Waals surface area (Å²) in [5, 5.41) is 15.8. The predicted octanol–water partition coefficient (Wildman–Crippen LogP) is 2.24. The molecule has 5 heteroatoms. The van der Waals surface area contributed by atoms with Crippen LogP contribution in [0.15, 0.2) is 24.3 Å². The van der Waals surface area contributed by atoms with Crippen LogP contribution >= 0.6 is 0 Å². The van der Waals surface area contributed by atoms with Crippen molar-refractivity contribution in [2.24, 2.45) is 11.8 Å². The van der Waals surface area contributed by atoms with Crippen LogP contribution in [0.1, 0.15) is 44.1 Å². The number of carbonyl (C=O) groups excluding carboxylic acids is 2. The van der Waals surface area contributed by atoms with Gasteiger partial charge in [-0.05, 0) is 43.2 Å². The van der Waals surface area contributed by atoms with E-state index in [1.807, 2.05) is 24.3 Å². The number of fused-ring (bicyclic) bond motifs is 1. The predicted molar refractivity (Wildman–Crippen MR) is 92.5 cm³/mol. The quantitative estimate of drug-likeness (QED) is 0.748. The lowest BCUT2D eigenvalue weighted by atomic mass is 9.89. The molecule has 130 valence electrons. The van der Waals surface area contributed by atoms with Crippen LogP contribution in [0, 0.1) is 11.8 Å². The Labute approximate surface area is 142 Å². The molecule has 2 aliphatic rings. The van der Waals surface area contributed by atoms with Crippen LogP contribution in [0.25, 0.3) is 0 Å². The summed E-state index contributed by atoms with van der Waals surface area (Å²) in [5.74, 6) is 0.0718. The van der Waals surface area contributed by atoms with Crippen LogP contribution in [0.5, 0.6) is 0 Å². The van der Waals surface area contributed by atoms with E-state index in [1.54, 1.807) is 0 Å². The number of anilines is 1. The van der Waals surface area contributed by atoms with Crippen molar-refractivity contribution in [2.45, 2.75) is 51.0 Å². The molecule has 1 heterocycles. The maximum atomic E-state index is 12.1. The number of aliphatic hydroxyl groups is 1. The zero-order valence-corrected chi connectivity index (χ0v) is 14.0. The molecule has 3 rings (SSSR count). The number of hydrogen-bond acceptors (Lipinski definition) is 3. The minimum Gasteiger partial charge on any atom is -0.391 e. The molecule has 0 saturated heterocycles. The Morgan fingerprint density at radius 3 is 2.83 bits per heavy atom. The molecule has 1 aromatic carbocycles. The van der Waals surface area contributed by atoms with Crippen molar-refractivity contribution >= 4 is 17.5 Å². The van der Waals surface area contributed by atoms with E-state index in [2.05, 4.69) is 10.6 Å². The standard InChI is InChI=1S/C19H26N2O3/c22-17(13-5-1-2-6-13)12-20-18(23)10-9-15-11-14-7-3-4-8-16(14)21-19(15)24/h3-4,7-8,13,15,17,22H,1-2,5-6,9-12H2,(H,20,23)(H,21,24). The fraction of sp³-hybridized carbons (Fsp3) is 0.579. The fourth-order valence-corrected chi connectivity index (χ4v) is 3.77. The molecule has 1 aliphatic carbocycles. The highest BCUT2D eigenvalue weighted by Crippen LogP contribution is 2.28. The molecule has 0 bridgehead atoms. The van der Waals surface area contributed by atoms with Gasteiger partial charge >= 0.3 is 0 Å². The van der Waals surface area contributed by atoms with Gasteiger partial charge in [-0.2, -0.15) is 0 Å². The fourth-order valence-electron chi connectivity index (χ4n) is 3.77. The van der Waals surface area contributed by atoms with Crippen LogP contribution in [0.2, 0.25) is 0 Å². The zero-order chi connectivity index (χ0) is 16.9. The van der Waals surface area contributed by atoms with Gasteiger partial charge in [0.05, 0.1) is 6.10 Å². The van der Waals surface area contributed by atoms with E-state index >= 15 is 0 Å². The minimum atomic E-state index is -0.443. The second-order valence-electron chi connectivity index (χ2n) is 7.00. The van der Waals surface area contributed by atoms with Gasteiger partial charge in [0.1, 0.15) is 0 Å². The number of benzene rings is 1. The third kappa shape index (κ3) is 4.15. The average Bonchev–Trinajstić information content (AvgIpc) is 3.12. The highest BCUT2D eigenvalue weighted by molar-refractivity contribution is 5.96. The van der Waals surface area contributed by atoms with Gasteiger partial charge in [0, 0.05) is 24.6 Å². The van der Waals surface area contributed by atoms with Gasteiger partial charge in [0.25, 0.3) is 0 Å². The molecule has 24 heavy (non-hydrogen) atoms. The molecule has 2 atom stereocenters.